The summed E-state index contributed by atoms with van der Waals surface area (Å²) in [6.07, 6.45) is 7.32. The van der Waals surface area contributed by atoms with Crippen molar-refractivity contribution >= 4 is 6.03 Å². The van der Waals surface area contributed by atoms with Gasteiger partial charge in [0.05, 0.1) is 0 Å². The van der Waals surface area contributed by atoms with Crippen molar-refractivity contribution in [3.05, 3.63) is 0 Å². The van der Waals surface area contributed by atoms with E-state index in [1.807, 2.05) is 0 Å². The van der Waals surface area contributed by atoms with E-state index in [0.717, 1.165) is 42.8 Å². The average Bonchev–Trinajstić information content (AvgIpc) is 2.35. The van der Waals surface area contributed by atoms with Crippen LogP contribution in [0.15, 0.2) is 0 Å². The summed E-state index contributed by atoms with van der Waals surface area (Å²) in [5.74, 6) is 3.91. The molecule has 0 unspecified atom stereocenters. The van der Waals surface area contributed by atoms with Crippen LogP contribution in [0.4, 0.5) is 4.79 Å². The minimum Gasteiger partial charge on any atom is -0.337 e. The maximum Gasteiger partial charge on any atom is 0.316 e. The van der Waals surface area contributed by atoms with Gasteiger partial charge in [-0.15, -0.1) is 0 Å². The fraction of sp³-hybridized carbons (Fsp3) is 0.933. The highest BCUT2D eigenvalue weighted by molar-refractivity contribution is 5.73. The van der Waals surface area contributed by atoms with Gasteiger partial charge in [-0.3, -0.25) is 0 Å². The Balaban J connectivity index is 1.42. The molecule has 0 atom stereocenters. The van der Waals surface area contributed by atoms with E-state index >= 15 is 0 Å². The fourth-order valence-electron chi connectivity index (χ4n) is 4.82. The molecule has 0 aromatic rings. The zero-order chi connectivity index (χ0) is 13.4. The van der Waals surface area contributed by atoms with Crippen molar-refractivity contribution in [1.29, 1.82) is 0 Å². The van der Waals surface area contributed by atoms with Gasteiger partial charge in [-0.2, -0.15) is 0 Å². The monoisotopic (exact) mass is 265 g/mol. The largest absolute Gasteiger partial charge is 0.337 e. The van der Waals surface area contributed by atoms with Crippen LogP contribution < -0.4 is 10.6 Å². The molecule has 4 aliphatic carbocycles. The van der Waals surface area contributed by atoms with E-state index in [9.17, 15) is 4.79 Å². The number of carbonyl (C=O) groups is 1. The molecule has 0 spiro atoms. The molecular weight excluding hydrogens is 238 g/mol. The molecule has 4 fully saturated rings. The molecule has 0 aromatic heterocycles. The number of hydrogen-bond acceptors (Lipinski definition) is 2. The van der Waals surface area contributed by atoms with Crippen molar-refractivity contribution in [2.24, 2.45) is 23.7 Å². The Kier molecular flexibility index (Phi) is 3.70. The Bertz CT molecular complexity index is 314. The van der Waals surface area contributed by atoms with Gasteiger partial charge in [-0.25, -0.2) is 4.79 Å². The normalized spacial score (nSPS) is 39.4. The number of hydrogen-bond donors (Lipinski definition) is 2. The lowest BCUT2D eigenvalue weighted by atomic mass is 9.54. The number of amides is 2. The van der Waals surface area contributed by atoms with Crippen LogP contribution >= 0.6 is 0 Å². The molecule has 0 heterocycles. The lowest BCUT2D eigenvalue weighted by Crippen LogP contribution is -2.55. The summed E-state index contributed by atoms with van der Waals surface area (Å²) in [5, 5.41) is 6.66. The van der Waals surface area contributed by atoms with Gasteiger partial charge in [-0.05, 0) is 55.8 Å². The molecule has 4 bridgehead atoms. The van der Waals surface area contributed by atoms with Gasteiger partial charge >= 0.3 is 6.03 Å². The van der Waals surface area contributed by atoms with E-state index in [0.29, 0.717) is 0 Å². The van der Waals surface area contributed by atoms with Crippen LogP contribution in [0.2, 0.25) is 0 Å². The summed E-state index contributed by atoms with van der Waals surface area (Å²) >= 11 is 0. The number of carbonyl (C=O) groups excluding carboxylic acids is 1. The van der Waals surface area contributed by atoms with E-state index in [1.54, 1.807) is 19.0 Å². The predicted octanol–water partition coefficient (Wildman–Crippen LogP) is 1.67. The highest BCUT2D eigenvalue weighted by Gasteiger charge is 2.47. The number of urea groups is 1. The minimum absolute atomic E-state index is 0.00637. The fourth-order valence-corrected chi connectivity index (χ4v) is 4.82. The SMILES string of the molecule is CN(C)C(=O)NCCNC1C2CC3CC(C2)CC1C3. The van der Waals surface area contributed by atoms with E-state index in [2.05, 4.69) is 10.6 Å². The number of rotatable bonds is 4. The molecule has 108 valence electrons. The number of nitrogens with zero attached hydrogens (tertiary/aromatic N) is 1. The summed E-state index contributed by atoms with van der Waals surface area (Å²) in [5.41, 5.74) is 0. The molecule has 4 nitrogen and oxygen atoms in total. The molecule has 0 aliphatic heterocycles. The van der Waals surface area contributed by atoms with Gasteiger partial charge in [0.2, 0.25) is 0 Å². The van der Waals surface area contributed by atoms with Crippen LogP contribution in [0.5, 0.6) is 0 Å². The third kappa shape index (κ3) is 2.73. The summed E-state index contributed by atoms with van der Waals surface area (Å²) < 4.78 is 0. The Hall–Kier alpha value is -0.770. The molecule has 4 saturated carbocycles. The van der Waals surface area contributed by atoms with Gasteiger partial charge in [0.1, 0.15) is 0 Å². The quantitative estimate of drug-likeness (QED) is 0.760. The Morgan fingerprint density at radius 3 is 2.11 bits per heavy atom. The third-order valence-corrected chi connectivity index (χ3v) is 5.41. The van der Waals surface area contributed by atoms with Crippen LogP contribution in [-0.2, 0) is 0 Å². The lowest BCUT2D eigenvalue weighted by molar-refractivity contribution is -0.0132. The van der Waals surface area contributed by atoms with Crippen LogP contribution in [0.25, 0.3) is 0 Å². The van der Waals surface area contributed by atoms with Crippen molar-refractivity contribution in [1.82, 2.24) is 15.5 Å². The maximum atomic E-state index is 11.4. The number of nitrogens with one attached hydrogen (secondary N) is 2. The van der Waals surface area contributed by atoms with Gasteiger partial charge in [-0.1, -0.05) is 0 Å². The maximum absolute atomic E-state index is 11.4. The second-order valence-corrected chi connectivity index (χ2v) is 7.04. The molecule has 0 saturated heterocycles. The van der Waals surface area contributed by atoms with Crippen LogP contribution in [0, 0.1) is 23.7 Å². The molecule has 4 rings (SSSR count). The lowest BCUT2D eigenvalue weighted by Gasteiger charge is -2.54. The van der Waals surface area contributed by atoms with E-state index in [-0.39, 0.29) is 6.03 Å². The van der Waals surface area contributed by atoms with Gasteiger partial charge in [0.15, 0.2) is 0 Å². The van der Waals surface area contributed by atoms with E-state index in [4.69, 9.17) is 0 Å². The molecule has 2 N–H and O–H groups in total. The third-order valence-electron chi connectivity index (χ3n) is 5.41. The molecule has 0 aromatic carbocycles. The first-order chi connectivity index (χ1) is 9.13. The van der Waals surface area contributed by atoms with Crippen molar-refractivity contribution in [2.75, 3.05) is 27.2 Å². The summed E-state index contributed by atoms with van der Waals surface area (Å²) in [4.78, 5) is 13.0. The molecule has 2 amide bonds. The van der Waals surface area contributed by atoms with Gasteiger partial charge in [0.25, 0.3) is 0 Å². The molecular formula is C15H27N3O. The van der Waals surface area contributed by atoms with Crippen LogP contribution in [0.3, 0.4) is 0 Å². The van der Waals surface area contributed by atoms with Gasteiger partial charge in [0, 0.05) is 33.2 Å². The Morgan fingerprint density at radius 2 is 1.58 bits per heavy atom. The van der Waals surface area contributed by atoms with Crippen molar-refractivity contribution in [3.63, 3.8) is 0 Å². The first-order valence-corrected chi connectivity index (χ1v) is 7.82. The zero-order valence-corrected chi connectivity index (χ0v) is 12.2. The van der Waals surface area contributed by atoms with Crippen molar-refractivity contribution < 1.29 is 4.79 Å². The first kappa shape index (κ1) is 13.2. The van der Waals surface area contributed by atoms with Gasteiger partial charge < -0.3 is 15.5 Å². The zero-order valence-electron chi connectivity index (χ0n) is 12.2. The Labute approximate surface area is 116 Å². The summed E-state index contributed by atoms with van der Waals surface area (Å²) in [6.45, 7) is 1.65. The smallest absolute Gasteiger partial charge is 0.316 e. The molecule has 19 heavy (non-hydrogen) atoms. The van der Waals surface area contributed by atoms with Crippen molar-refractivity contribution in [3.8, 4) is 0 Å². The summed E-state index contributed by atoms with van der Waals surface area (Å²) in [6, 6.07) is 0.732. The van der Waals surface area contributed by atoms with E-state index in [1.165, 1.54) is 32.1 Å². The predicted molar refractivity (Wildman–Crippen MR) is 75.9 cm³/mol. The standard InChI is InChI=1S/C15H27N3O/c1-18(2)15(19)17-4-3-16-14-12-6-10-5-11(8-12)9-13(14)7-10/h10-14,16H,3-9H2,1-2H3,(H,17,19). The topological polar surface area (TPSA) is 44.4 Å². The average molecular weight is 265 g/mol. The molecule has 0 radical (unpaired) electrons. The minimum atomic E-state index is 0.00637. The van der Waals surface area contributed by atoms with E-state index < -0.39 is 0 Å². The molecule has 4 aliphatic rings. The van der Waals surface area contributed by atoms with Crippen LogP contribution in [-0.4, -0.2) is 44.2 Å². The van der Waals surface area contributed by atoms with Crippen molar-refractivity contribution in [2.45, 2.75) is 38.1 Å². The highest BCUT2D eigenvalue weighted by Crippen LogP contribution is 2.53. The summed E-state index contributed by atoms with van der Waals surface area (Å²) in [7, 11) is 3.56. The Morgan fingerprint density at radius 1 is 1.00 bits per heavy atom. The first-order valence-electron chi connectivity index (χ1n) is 7.82. The molecule has 4 heteroatoms. The highest BCUT2D eigenvalue weighted by atomic mass is 16.2. The second kappa shape index (κ2) is 5.31. The van der Waals surface area contributed by atoms with Crippen LogP contribution in [0.1, 0.15) is 32.1 Å². The second-order valence-electron chi connectivity index (χ2n) is 7.04.